The Balaban J connectivity index is 2.11. The molecule has 0 unspecified atom stereocenters. The first kappa shape index (κ1) is 13.8. The molecule has 0 saturated carbocycles. The van der Waals surface area contributed by atoms with Crippen LogP contribution in [0.5, 0.6) is 0 Å². The van der Waals surface area contributed by atoms with E-state index in [9.17, 15) is 0 Å². The average Bonchev–Trinajstić information content (AvgIpc) is 3.32. The molecule has 0 radical (unpaired) electrons. The molecule has 0 fully saturated rings. The largest absolute Gasteiger partial charge is 0.207 e. The third-order valence-corrected chi connectivity index (χ3v) is 7.02. The highest BCUT2D eigenvalue weighted by atomic mass is 32.3. The summed E-state index contributed by atoms with van der Waals surface area (Å²) in [6.45, 7) is 0. The summed E-state index contributed by atoms with van der Waals surface area (Å²) in [5.41, 5.74) is 0. The lowest BCUT2D eigenvalue weighted by Gasteiger charge is -2.40. The van der Waals surface area contributed by atoms with Crippen LogP contribution in [0.25, 0.3) is 0 Å². The second-order valence-corrected chi connectivity index (χ2v) is 7.78. The van der Waals surface area contributed by atoms with Gasteiger partial charge in [0.1, 0.15) is 0 Å². The number of hydrogen-bond donors (Lipinski definition) is 0. The quantitative estimate of drug-likeness (QED) is 0.564. The van der Waals surface area contributed by atoms with E-state index in [2.05, 4.69) is 58.7 Å². The van der Waals surface area contributed by atoms with Crippen LogP contribution in [-0.2, 0) is 0 Å². The van der Waals surface area contributed by atoms with Crippen molar-refractivity contribution in [1.29, 1.82) is 0 Å². The first-order valence-corrected chi connectivity index (χ1v) is 8.91. The van der Waals surface area contributed by atoms with Gasteiger partial charge in [-0.3, -0.25) is 0 Å². The van der Waals surface area contributed by atoms with Crippen molar-refractivity contribution >= 4 is 10.4 Å². The van der Waals surface area contributed by atoms with Crippen LogP contribution < -0.4 is 0 Å². The van der Waals surface area contributed by atoms with Gasteiger partial charge in [0.15, 0.2) is 0 Å². The molecule has 0 spiro atoms. The van der Waals surface area contributed by atoms with Crippen molar-refractivity contribution in [2.45, 2.75) is 9.79 Å². The van der Waals surface area contributed by atoms with E-state index in [1.807, 2.05) is 57.2 Å². The summed E-state index contributed by atoms with van der Waals surface area (Å²) < 4.78 is 4.06. The van der Waals surface area contributed by atoms with Gasteiger partial charge in [-0.05, 0) is 36.4 Å². The Hall–Kier alpha value is -2.79. The predicted octanol–water partition coefficient (Wildman–Crippen LogP) is 4.23. The van der Waals surface area contributed by atoms with Gasteiger partial charge >= 0.3 is 0 Å². The third-order valence-electron chi connectivity index (χ3n) is 3.65. The molecule has 0 saturated heterocycles. The Labute approximate surface area is 136 Å². The zero-order valence-corrected chi connectivity index (χ0v) is 13.3. The van der Waals surface area contributed by atoms with Crippen molar-refractivity contribution in [3.63, 3.8) is 0 Å². The molecule has 0 amide bonds. The van der Waals surface area contributed by atoms with Crippen LogP contribution in [0.2, 0.25) is 0 Å². The van der Waals surface area contributed by atoms with E-state index in [0.717, 1.165) is 0 Å². The van der Waals surface area contributed by atoms with Gasteiger partial charge in [0.2, 0.25) is 0 Å². The third kappa shape index (κ3) is 2.17. The van der Waals surface area contributed by atoms with Gasteiger partial charge < -0.3 is 0 Å². The summed E-state index contributed by atoms with van der Waals surface area (Å²) in [6.07, 6.45) is 7.66. The molecule has 4 nitrogen and oxygen atoms in total. The van der Waals surface area contributed by atoms with Gasteiger partial charge in [-0.15, -0.1) is 0 Å². The molecule has 23 heavy (non-hydrogen) atoms. The molecule has 0 atom stereocenters. The minimum absolute atomic E-state index is 1.18. The van der Waals surface area contributed by atoms with Gasteiger partial charge in [0, 0.05) is 32.6 Å². The molecule has 2 aromatic carbocycles. The fourth-order valence-corrected chi connectivity index (χ4v) is 5.95. The minimum atomic E-state index is -1.81. The predicted molar refractivity (Wildman–Crippen MR) is 92.3 cm³/mol. The average molecular weight is 320 g/mol. The van der Waals surface area contributed by atoms with Crippen molar-refractivity contribution in [3.8, 4) is 0 Å². The molecule has 2 heterocycles. The Bertz CT molecular complexity index is 780. The van der Waals surface area contributed by atoms with E-state index in [1.54, 1.807) is 0 Å². The van der Waals surface area contributed by atoms with E-state index in [1.165, 1.54) is 9.79 Å². The van der Waals surface area contributed by atoms with E-state index >= 15 is 0 Å². The number of rotatable bonds is 4. The van der Waals surface area contributed by atoms with Crippen molar-refractivity contribution in [2.24, 2.45) is 0 Å². The maximum absolute atomic E-state index is 4.59. The number of aromatic nitrogens is 4. The summed E-state index contributed by atoms with van der Waals surface area (Å²) in [7, 11) is -1.81. The molecule has 0 aliphatic carbocycles. The fourth-order valence-electron chi connectivity index (χ4n) is 2.70. The first-order valence-electron chi connectivity index (χ1n) is 7.36. The second kappa shape index (κ2) is 5.78. The summed E-state index contributed by atoms with van der Waals surface area (Å²) in [5, 5.41) is 9.18. The Morgan fingerprint density at radius 1 is 0.565 bits per heavy atom. The highest BCUT2D eigenvalue weighted by molar-refractivity contribution is 8.31. The second-order valence-electron chi connectivity index (χ2n) is 4.99. The first-order chi connectivity index (χ1) is 11.4. The molecule has 4 aromatic rings. The van der Waals surface area contributed by atoms with E-state index in [4.69, 9.17) is 0 Å². The number of hydrogen-bond acceptors (Lipinski definition) is 2. The standard InChI is InChI=1S/C18H16N4S/c1-3-9-17(10-4-1)23(21-15-7-13-19-21,22-16-8-14-20-22)18-11-5-2-6-12-18/h1-16H. The van der Waals surface area contributed by atoms with Crippen molar-refractivity contribution in [1.82, 2.24) is 18.4 Å². The van der Waals surface area contributed by atoms with Gasteiger partial charge in [-0.1, -0.05) is 36.4 Å². The van der Waals surface area contributed by atoms with E-state index in [0.29, 0.717) is 0 Å². The maximum atomic E-state index is 4.59. The summed E-state index contributed by atoms with van der Waals surface area (Å²) in [5.74, 6) is 0. The van der Waals surface area contributed by atoms with Crippen molar-refractivity contribution in [2.75, 3.05) is 0 Å². The van der Waals surface area contributed by atoms with Crippen molar-refractivity contribution < 1.29 is 0 Å². The van der Waals surface area contributed by atoms with E-state index < -0.39 is 10.4 Å². The highest BCUT2D eigenvalue weighted by Crippen LogP contribution is 2.62. The molecule has 4 rings (SSSR count). The monoisotopic (exact) mass is 320 g/mol. The lowest BCUT2D eigenvalue weighted by atomic mass is 10.4. The summed E-state index contributed by atoms with van der Waals surface area (Å²) in [4.78, 5) is 2.36. The van der Waals surface area contributed by atoms with Gasteiger partial charge in [0.25, 0.3) is 0 Å². The Morgan fingerprint density at radius 3 is 1.35 bits per heavy atom. The van der Waals surface area contributed by atoms with Gasteiger partial charge in [0.05, 0.1) is 12.4 Å². The molecule has 5 heteroatoms. The normalized spacial score (nSPS) is 12.2. The minimum Gasteiger partial charge on any atom is -0.207 e. The molecule has 0 aliphatic heterocycles. The summed E-state index contributed by atoms with van der Waals surface area (Å²) in [6, 6.07) is 24.8. The lowest BCUT2D eigenvalue weighted by molar-refractivity contribution is 0.889. The van der Waals surface area contributed by atoms with Crippen LogP contribution in [0.3, 0.4) is 0 Å². The molecule has 0 aliphatic rings. The summed E-state index contributed by atoms with van der Waals surface area (Å²) >= 11 is 0. The van der Waals surface area contributed by atoms with Crippen molar-refractivity contribution in [3.05, 3.63) is 97.6 Å². The zero-order chi connectivity index (χ0) is 15.5. The molecular formula is C18H16N4S. The number of nitrogens with zero attached hydrogens (tertiary/aromatic N) is 4. The Morgan fingerprint density at radius 2 is 1.00 bits per heavy atom. The molecular weight excluding hydrogens is 304 g/mol. The molecule has 114 valence electrons. The fraction of sp³-hybridized carbons (Fsp3) is 0. The lowest BCUT2D eigenvalue weighted by Crippen LogP contribution is -2.21. The Kier molecular flexibility index (Phi) is 3.48. The molecule has 0 bridgehead atoms. The zero-order valence-electron chi connectivity index (χ0n) is 12.4. The SMILES string of the molecule is c1ccc(S(c2ccccc2)(n2cccn2)n2cccn2)cc1. The van der Waals surface area contributed by atoms with Crippen LogP contribution in [0, 0.1) is 0 Å². The molecule has 0 N–H and O–H groups in total. The van der Waals surface area contributed by atoms with Crippen LogP contribution in [-0.4, -0.2) is 18.4 Å². The smallest absolute Gasteiger partial charge is 0.0500 e. The van der Waals surface area contributed by atoms with Gasteiger partial charge in [-0.2, -0.15) is 10.2 Å². The number of benzene rings is 2. The highest BCUT2D eigenvalue weighted by Gasteiger charge is 2.33. The van der Waals surface area contributed by atoms with Crippen LogP contribution >= 0.6 is 10.4 Å². The van der Waals surface area contributed by atoms with E-state index in [-0.39, 0.29) is 0 Å². The van der Waals surface area contributed by atoms with Crippen LogP contribution in [0.4, 0.5) is 0 Å². The van der Waals surface area contributed by atoms with Crippen LogP contribution in [0.15, 0.2) is 107 Å². The molecule has 2 aromatic heterocycles. The van der Waals surface area contributed by atoms with Gasteiger partial charge in [-0.25, -0.2) is 8.17 Å². The maximum Gasteiger partial charge on any atom is 0.0500 e. The topological polar surface area (TPSA) is 35.6 Å². The van der Waals surface area contributed by atoms with Crippen LogP contribution in [0.1, 0.15) is 0 Å².